The van der Waals surface area contributed by atoms with Gasteiger partial charge in [0.25, 0.3) is 0 Å². The van der Waals surface area contributed by atoms with E-state index in [0.717, 1.165) is 34.5 Å². The van der Waals surface area contributed by atoms with Crippen molar-refractivity contribution in [1.82, 2.24) is 15.2 Å². The Kier molecular flexibility index (Phi) is 4.98. The highest BCUT2D eigenvalue weighted by molar-refractivity contribution is 5.65. The van der Waals surface area contributed by atoms with Crippen LogP contribution in [0, 0.1) is 20.8 Å². The van der Waals surface area contributed by atoms with Crippen molar-refractivity contribution in [2.24, 2.45) is 0 Å². The molecule has 0 saturated carbocycles. The first kappa shape index (κ1) is 18.6. The average Bonchev–Trinajstić information content (AvgIpc) is 2.58. The Labute approximate surface area is 154 Å². The summed E-state index contributed by atoms with van der Waals surface area (Å²) in [6.45, 7) is 5.99. The lowest BCUT2D eigenvalue weighted by atomic mass is 10.1. The van der Waals surface area contributed by atoms with Gasteiger partial charge >= 0.3 is 6.18 Å². The smallest absolute Gasteiger partial charge is 0.338 e. The highest BCUT2D eigenvalue weighted by Gasteiger charge is 2.30. The van der Waals surface area contributed by atoms with Crippen LogP contribution in [0.5, 0.6) is 0 Å². The first-order valence-electron chi connectivity index (χ1n) is 8.21. The molecule has 0 aliphatic carbocycles. The van der Waals surface area contributed by atoms with E-state index >= 15 is 0 Å². The topological polar surface area (TPSA) is 62.7 Å². The number of benzene rings is 2. The van der Waals surface area contributed by atoms with Gasteiger partial charge < -0.3 is 10.6 Å². The molecule has 1 aromatic heterocycles. The van der Waals surface area contributed by atoms with Crippen LogP contribution in [0.25, 0.3) is 0 Å². The molecule has 0 aliphatic heterocycles. The van der Waals surface area contributed by atoms with Gasteiger partial charge in [-0.15, -0.1) is 5.10 Å². The van der Waals surface area contributed by atoms with E-state index in [1.807, 2.05) is 32.9 Å². The normalized spacial score (nSPS) is 11.3. The van der Waals surface area contributed by atoms with Crippen LogP contribution in [-0.4, -0.2) is 15.2 Å². The standard InChI is InChI=1S/C19H18F3N5/c1-11-7-12(2)17(13(3)8-11)25-16-10-23-27-18(26-16)24-15-6-4-5-14(9-15)19(20,21)22/h4-10H,1-3H3,(H2,24,25,26,27). The molecule has 0 saturated heterocycles. The molecule has 1 heterocycles. The third-order valence-corrected chi connectivity index (χ3v) is 3.93. The lowest BCUT2D eigenvalue weighted by Gasteiger charge is -2.14. The summed E-state index contributed by atoms with van der Waals surface area (Å²) in [5, 5.41) is 13.7. The maximum absolute atomic E-state index is 12.8. The molecule has 8 heteroatoms. The van der Waals surface area contributed by atoms with Crippen molar-refractivity contribution in [2.45, 2.75) is 26.9 Å². The highest BCUT2D eigenvalue weighted by Crippen LogP contribution is 2.31. The minimum atomic E-state index is -4.42. The van der Waals surface area contributed by atoms with E-state index in [9.17, 15) is 13.2 Å². The van der Waals surface area contributed by atoms with Crippen LogP contribution in [0.4, 0.5) is 36.3 Å². The Balaban J connectivity index is 1.83. The summed E-state index contributed by atoms with van der Waals surface area (Å²) >= 11 is 0. The Morgan fingerprint density at radius 2 is 1.63 bits per heavy atom. The minimum Gasteiger partial charge on any atom is -0.338 e. The zero-order valence-corrected chi connectivity index (χ0v) is 15.0. The fraction of sp³-hybridized carbons (Fsp3) is 0.211. The Hall–Kier alpha value is -3.16. The van der Waals surface area contributed by atoms with Gasteiger partial charge in [0.1, 0.15) is 0 Å². The average molecular weight is 373 g/mol. The summed E-state index contributed by atoms with van der Waals surface area (Å²) in [5.41, 5.74) is 3.65. The lowest BCUT2D eigenvalue weighted by molar-refractivity contribution is -0.137. The van der Waals surface area contributed by atoms with Gasteiger partial charge in [-0.2, -0.15) is 23.3 Å². The summed E-state index contributed by atoms with van der Waals surface area (Å²) < 4.78 is 38.5. The van der Waals surface area contributed by atoms with Gasteiger partial charge in [-0.1, -0.05) is 23.8 Å². The molecule has 0 radical (unpaired) electrons. The number of halogens is 3. The van der Waals surface area contributed by atoms with Gasteiger partial charge in [-0.25, -0.2) is 0 Å². The van der Waals surface area contributed by atoms with Crippen LogP contribution in [0.3, 0.4) is 0 Å². The van der Waals surface area contributed by atoms with Crippen molar-refractivity contribution >= 4 is 23.1 Å². The van der Waals surface area contributed by atoms with E-state index in [4.69, 9.17) is 0 Å². The van der Waals surface area contributed by atoms with Crippen LogP contribution >= 0.6 is 0 Å². The lowest BCUT2D eigenvalue weighted by Crippen LogP contribution is -2.07. The summed E-state index contributed by atoms with van der Waals surface area (Å²) in [6.07, 6.45) is -2.96. The maximum atomic E-state index is 12.8. The van der Waals surface area contributed by atoms with Crippen molar-refractivity contribution in [1.29, 1.82) is 0 Å². The fourth-order valence-electron chi connectivity index (χ4n) is 2.82. The van der Waals surface area contributed by atoms with Crippen molar-refractivity contribution in [3.63, 3.8) is 0 Å². The molecular formula is C19H18F3N5. The summed E-state index contributed by atoms with van der Waals surface area (Å²) in [4.78, 5) is 4.28. The van der Waals surface area contributed by atoms with E-state index in [2.05, 4.69) is 25.8 Å². The first-order valence-corrected chi connectivity index (χ1v) is 8.21. The molecule has 27 heavy (non-hydrogen) atoms. The van der Waals surface area contributed by atoms with E-state index in [1.54, 1.807) is 0 Å². The van der Waals surface area contributed by atoms with Crippen molar-refractivity contribution < 1.29 is 13.2 Å². The fourth-order valence-corrected chi connectivity index (χ4v) is 2.82. The molecule has 3 aromatic rings. The predicted molar refractivity (Wildman–Crippen MR) is 98.5 cm³/mol. The molecule has 0 bridgehead atoms. The third kappa shape index (κ3) is 4.52. The highest BCUT2D eigenvalue weighted by atomic mass is 19.4. The second kappa shape index (κ2) is 7.22. The molecule has 0 spiro atoms. The van der Waals surface area contributed by atoms with Gasteiger partial charge in [-0.05, 0) is 50.1 Å². The first-order chi connectivity index (χ1) is 12.7. The molecule has 3 rings (SSSR count). The Bertz CT molecular complexity index is 947. The van der Waals surface area contributed by atoms with Gasteiger partial charge in [0, 0.05) is 11.4 Å². The van der Waals surface area contributed by atoms with Crippen molar-refractivity contribution in [3.05, 3.63) is 64.8 Å². The third-order valence-electron chi connectivity index (χ3n) is 3.93. The van der Waals surface area contributed by atoms with Gasteiger partial charge in [0.15, 0.2) is 5.82 Å². The summed E-state index contributed by atoms with van der Waals surface area (Å²) in [6, 6.07) is 8.92. The number of alkyl halides is 3. The molecule has 0 unspecified atom stereocenters. The molecular weight excluding hydrogens is 355 g/mol. The monoisotopic (exact) mass is 373 g/mol. The SMILES string of the molecule is Cc1cc(C)c(Nc2cnnc(Nc3cccc(C(F)(F)F)c3)n2)c(C)c1. The summed E-state index contributed by atoms with van der Waals surface area (Å²) in [7, 11) is 0. The van der Waals surface area contributed by atoms with Gasteiger partial charge in [0.2, 0.25) is 5.95 Å². The van der Waals surface area contributed by atoms with Crippen LogP contribution in [0.15, 0.2) is 42.6 Å². The molecule has 140 valence electrons. The van der Waals surface area contributed by atoms with Crippen LogP contribution in [0.1, 0.15) is 22.3 Å². The zero-order chi connectivity index (χ0) is 19.6. The largest absolute Gasteiger partial charge is 0.416 e. The van der Waals surface area contributed by atoms with Crippen LogP contribution in [0.2, 0.25) is 0 Å². The van der Waals surface area contributed by atoms with Crippen molar-refractivity contribution in [3.8, 4) is 0 Å². The maximum Gasteiger partial charge on any atom is 0.416 e. The second-order valence-electron chi connectivity index (χ2n) is 6.27. The number of nitrogens with zero attached hydrogens (tertiary/aromatic N) is 3. The minimum absolute atomic E-state index is 0.0988. The number of aromatic nitrogens is 3. The second-order valence-corrected chi connectivity index (χ2v) is 6.27. The number of aryl methyl sites for hydroxylation is 3. The predicted octanol–water partition coefficient (Wildman–Crippen LogP) is 5.30. The summed E-state index contributed by atoms with van der Waals surface area (Å²) in [5.74, 6) is 0.538. The number of anilines is 4. The number of hydrogen-bond donors (Lipinski definition) is 2. The van der Waals surface area contributed by atoms with Crippen LogP contribution in [-0.2, 0) is 6.18 Å². The quantitative estimate of drug-likeness (QED) is 0.649. The van der Waals surface area contributed by atoms with E-state index in [-0.39, 0.29) is 11.6 Å². The molecule has 0 fully saturated rings. The van der Waals surface area contributed by atoms with Gasteiger partial charge in [-0.3, -0.25) is 0 Å². The van der Waals surface area contributed by atoms with E-state index in [1.165, 1.54) is 18.3 Å². The molecule has 0 aliphatic rings. The van der Waals surface area contributed by atoms with Crippen LogP contribution < -0.4 is 10.6 Å². The molecule has 0 atom stereocenters. The molecule has 2 aromatic carbocycles. The molecule has 0 amide bonds. The number of rotatable bonds is 4. The van der Waals surface area contributed by atoms with Gasteiger partial charge in [0.05, 0.1) is 11.8 Å². The Morgan fingerprint density at radius 3 is 2.30 bits per heavy atom. The zero-order valence-electron chi connectivity index (χ0n) is 15.0. The number of nitrogens with one attached hydrogen (secondary N) is 2. The molecule has 5 nitrogen and oxygen atoms in total. The van der Waals surface area contributed by atoms with E-state index in [0.29, 0.717) is 5.82 Å². The molecule has 2 N–H and O–H groups in total. The Morgan fingerprint density at radius 1 is 0.926 bits per heavy atom. The van der Waals surface area contributed by atoms with E-state index < -0.39 is 11.7 Å². The van der Waals surface area contributed by atoms with Crippen molar-refractivity contribution in [2.75, 3.05) is 10.6 Å². The number of hydrogen-bond acceptors (Lipinski definition) is 5.